The van der Waals surface area contributed by atoms with Crippen molar-refractivity contribution in [2.45, 2.75) is 13.5 Å². The van der Waals surface area contributed by atoms with E-state index in [9.17, 15) is 4.79 Å². The molecule has 0 unspecified atom stereocenters. The fourth-order valence-corrected chi connectivity index (χ4v) is 2.73. The van der Waals surface area contributed by atoms with E-state index in [4.69, 9.17) is 25.8 Å². The first-order chi connectivity index (χ1) is 12.0. The van der Waals surface area contributed by atoms with Crippen LogP contribution in [0.5, 0.6) is 11.5 Å². The lowest BCUT2D eigenvalue weighted by Crippen LogP contribution is -2.07. The smallest absolute Gasteiger partial charge is 0.338 e. The first-order valence-electron chi connectivity index (χ1n) is 7.66. The molecule has 0 spiro atoms. The highest BCUT2D eigenvalue weighted by atomic mass is 79.9. The quantitative estimate of drug-likeness (QED) is 0.418. The molecule has 0 atom stereocenters. The molecular weight excluding hydrogens is 408 g/mol. The summed E-state index contributed by atoms with van der Waals surface area (Å²) < 4.78 is 17.2. The second-order valence-corrected chi connectivity index (χ2v) is 6.31. The maximum absolute atomic E-state index is 12.0. The van der Waals surface area contributed by atoms with Gasteiger partial charge >= 0.3 is 5.97 Å². The van der Waals surface area contributed by atoms with E-state index >= 15 is 0 Å². The number of benzene rings is 2. The molecule has 0 amide bonds. The third-order valence-corrected chi connectivity index (χ3v) is 4.01. The summed E-state index contributed by atoms with van der Waals surface area (Å²) in [5.41, 5.74) is 1.34. The summed E-state index contributed by atoms with van der Waals surface area (Å²) in [6, 6.07) is 10.6. The van der Waals surface area contributed by atoms with E-state index < -0.39 is 5.97 Å². The lowest BCUT2D eigenvalue weighted by molar-refractivity contribution is 0.0549. The van der Waals surface area contributed by atoms with Crippen molar-refractivity contribution in [2.75, 3.05) is 13.2 Å². The van der Waals surface area contributed by atoms with Gasteiger partial charge in [0.1, 0.15) is 13.2 Å². The molecule has 132 valence electrons. The van der Waals surface area contributed by atoms with Crippen LogP contribution in [0.4, 0.5) is 0 Å². The van der Waals surface area contributed by atoms with Crippen LogP contribution in [0.15, 0.2) is 53.5 Å². The molecule has 0 heterocycles. The molecule has 0 saturated carbocycles. The molecule has 0 aliphatic rings. The average molecular weight is 426 g/mol. The molecular formula is C19H18BrClO4. The Balaban J connectivity index is 2.22. The minimum atomic E-state index is -0.453. The molecule has 2 aromatic carbocycles. The number of hydrogen-bond acceptors (Lipinski definition) is 4. The Hall–Kier alpha value is -1.98. The number of esters is 1. The summed E-state index contributed by atoms with van der Waals surface area (Å²) in [7, 11) is 0. The van der Waals surface area contributed by atoms with Gasteiger partial charge in [0.2, 0.25) is 0 Å². The predicted molar refractivity (Wildman–Crippen MR) is 102 cm³/mol. The molecule has 0 aromatic heterocycles. The third-order valence-electron chi connectivity index (χ3n) is 3.17. The van der Waals surface area contributed by atoms with Gasteiger partial charge in [0, 0.05) is 5.02 Å². The van der Waals surface area contributed by atoms with Gasteiger partial charge in [-0.3, -0.25) is 0 Å². The largest absolute Gasteiger partial charge is 0.490 e. The summed E-state index contributed by atoms with van der Waals surface area (Å²) in [5, 5.41) is 0.669. The molecule has 0 fully saturated rings. The molecule has 4 nitrogen and oxygen atoms in total. The van der Waals surface area contributed by atoms with Gasteiger partial charge in [-0.05, 0) is 52.7 Å². The Bertz CT molecular complexity index is 744. The van der Waals surface area contributed by atoms with Gasteiger partial charge in [-0.2, -0.15) is 0 Å². The molecule has 0 bridgehead atoms. The van der Waals surface area contributed by atoms with Crippen LogP contribution < -0.4 is 9.47 Å². The van der Waals surface area contributed by atoms with Crippen molar-refractivity contribution in [1.29, 1.82) is 0 Å². The highest BCUT2D eigenvalue weighted by Gasteiger charge is 2.17. The van der Waals surface area contributed by atoms with E-state index in [-0.39, 0.29) is 6.61 Å². The molecule has 6 heteroatoms. The minimum Gasteiger partial charge on any atom is -0.490 e. The monoisotopic (exact) mass is 424 g/mol. The number of halogens is 2. The standard InChI is InChI=1S/C19H18BrClO4/c1-3-9-24-19(22)14-10-16(20)18(17(11-14)23-4-2)25-12-13-5-7-15(21)8-6-13/h3,5-8,10-11H,1,4,9,12H2,2H3. The summed E-state index contributed by atoms with van der Waals surface area (Å²) >= 11 is 9.32. The summed E-state index contributed by atoms with van der Waals surface area (Å²) in [6.07, 6.45) is 1.51. The zero-order chi connectivity index (χ0) is 18.2. The Morgan fingerprint density at radius 1 is 1.24 bits per heavy atom. The highest BCUT2D eigenvalue weighted by molar-refractivity contribution is 9.10. The molecule has 2 aromatic rings. The van der Waals surface area contributed by atoms with Gasteiger partial charge in [0.25, 0.3) is 0 Å². The van der Waals surface area contributed by atoms with Crippen molar-refractivity contribution in [2.24, 2.45) is 0 Å². The molecule has 0 aliphatic heterocycles. The van der Waals surface area contributed by atoms with Crippen molar-refractivity contribution < 1.29 is 19.0 Å². The topological polar surface area (TPSA) is 44.8 Å². The van der Waals surface area contributed by atoms with Crippen LogP contribution in [-0.4, -0.2) is 19.2 Å². The molecule has 0 saturated heterocycles. The second kappa shape index (κ2) is 9.49. The Labute approximate surface area is 160 Å². The van der Waals surface area contributed by atoms with Crippen molar-refractivity contribution in [3.8, 4) is 11.5 Å². The second-order valence-electron chi connectivity index (χ2n) is 5.02. The van der Waals surface area contributed by atoms with Crippen molar-refractivity contribution in [3.05, 3.63) is 69.7 Å². The molecule has 25 heavy (non-hydrogen) atoms. The fourth-order valence-electron chi connectivity index (χ4n) is 2.04. The summed E-state index contributed by atoms with van der Waals surface area (Å²) in [6.45, 7) is 6.32. The number of carbonyl (C=O) groups excluding carboxylic acids is 1. The van der Waals surface area contributed by atoms with E-state index in [1.165, 1.54) is 6.08 Å². The SMILES string of the molecule is C=CCOC(=O)c1cc(Br)c(OCc2ccc(Cl)cc2)c(OCC)c1. The van der Waals surface area contributed by atoms with Gasteiger partial charge in [-0.25, -0.2) is 4.79 Å². The number of rotatable bonds is 8. The van der Waals surface area contributed by atoms with Gasteiger partial charge in [-0.15, -0.1) is 0 Å². The Kier molecular flexibility index (Phi) is 7.34. The van der Waals surface area contributed by atoms with E-state index in [0.717, 1.165) is 5.56 Å². The number of carbonyl (C=O) groups is 1. The Morgan fingerprint density at radius 2 is 1.96 bits per heavy atom. The van der Waals surface area contributed by atoms with E-state index in [1.807, 2.05) is 19.1 Å². The van der Waals surface area contributed by atoms with E-state index in [1.54, 1.807) is 24.3 Å². The van der Waals surface area contributed by atoms with Crippen LogP contribution >= 0.6 is 27.5 Å². The van der Waals surface area contributed by atoms with Crippen LogP contribution in [0.25, 0.3) is 0 Å². The van der Waals surface area contributed by atoms with E-state index in [2.05, 4.69) is 22.5 Å². The minimum absolute atomic E-state index is 0.148. The number of hydrogen-bond donors (Lipinski definition) is 0. The number of ether oxygens (including phenoxy) is 3. The first kappa shape index (κ1) is 19.3. The fraction of sp³-hybridized carbons (Fsp3) is 0.211. The predicted octanol–water partition coefficient (Wildman–Crippen LogP) is 5.42. The van der Waals surface area contributed by atoms with Gasteiger partial charge in [-0.1, -0.05) is 36.4 Å². The molecule has 0 radical (unpaired) electrons. The summed E-state index contributed by atoms with van der Waals surface area (Å²) in [4.78, 5) is 12.0. The maximum Gasteiger partial charge on any atom is 0.338 e. The lowest BCUT2D eigenvalue weighted by Gasteiger charge is -2.15. The van der Waals surface area contributed by atoms with Crippen molar-refractivity contribution >= 4 is 33.5 Å². The van der Waals surface area contributed by atoms with Crippen LogP contribution in [0.3, 0.4) is 0 Å². The van der Waals surface area contributed by atoms with Gasteiger partial charge < -0.3 is 14.2 Å². The lowest BCUT2D eigenvalue weighted by atomic mass is 10.2. The van der Waals surface area contributed by atoms with Gasteiger partial charge in [0.15, 0.2) is 11.5 Å². The van der Waals surface area contributed by atoms with Crippen LogP contribution in [0, 0.1) is 0 Å². The molecule has 0 aliphatic carbocycles. The van der Waals surface area contributed by atoms with Crippen molar-refractivity contribution in [1.82, 2.24) is 0 Å². The first-order valence-corrected chi connectivity index (χ1v) is 8.83. The van der Waals surface area contributed by atoms with Crippen LogP contribution in [-0.2, 0) is 11.3 Å². The zero-order valence-corrected chi connectivity index (χ0v) is 16.1. The summed E-state index contributed by atoms with van der Waals surface area (Å²) in [5.74, 6) is 0.541. The van der Waals surface area contributed by atoms with Crippen molar-refractivity contribution in [3.63, 3.8) is 0 Å². The normalized spacial score (nSPS) is 10.2. The van der Waals surface area contributed by atoms with Crippen LogP contribution in [0.1, 0.15) is 22.8 Å². The maximum atomic E-state index is 12.0. The zero-order valence-electron chi connectivity index (χ0n) is 13.8. The molecule has 2 rings (SSSR count). The van der Waals surface area contributed by atoms with E-state index in [0.29, 0.717) is 39.8 Å². The van der Waals surface area contributed by atoms with Gasteiger partial charge in [0.05, 0.1) is 16.6 Å². The average Bonchev–Trinajstić information content (AvgIpc) is 2.60. The Morgan fingerprint density at radius 3 is 2.60 bits per heavy atom. The third kappa shape index (κ3) is 5.51. The molecule has 0 N–H and O–H groups in total. The highest BCUT2D eigenvalue weighted by Crippen LogP contribution is 2.37. The van der Waals surface area contributed by atoms with Crippen LogP contribution in [0.2, 0.25) is 5.02 Å².